The van der Waals surface area contributed by atoms with Crippen LogP contribution in [0.15, 0.2) is 65.3 Å². The number of halogens is 1. The molecule has 0 fully saturated rings. The van der Waals surface area contributed by atoms with Gasteiger partial charge in [-0.1, -0.05) is 29.8 Å². The highest BCUT2D eigenvalue weighted by atomic mass is 35.5. The fourth-order valence-corrected chi connectivity index (χ4v) is 3.70. The molecule has 1 atom stereocenters. The fraction of sp³-hybridized carbons (Fsp3) is 0.240. The lowest BCUT2D eigenvalue weighted by atomic mass is 9.83. The van der Waals surface area contributed by atoms with Crippen LogP contribution in [0.4, 0.5) is 5.69 Å². The number of nitrogens with one attached hydrogen (secondary N) is 1. The maximum absolute atomic E-state index is 12.6. The number of amides is 1. The molecule has 1 aliphatic rings. The summed E-state index contributed by atoms with van der Waals surface area (Å²) in [5, 5.41) is 13.0. The van der Waals surface area contributed by atoms with Crippen LogP contribution in [0.3, 0.4) is 0 Å². The summed E-state index contributed by atoms with van der Waals surface area (Å²) >= 11 is 6.08. The van der Waals surface area contributed by atoms with Crippen LogP contribution in [0.1, 0.15) is 30.9 Å². The molecular formula is C25H24ClN3O5. The van der Waals surface area contributed by atoms with E-state index in [1.807, 2.05) is 13.0 Å². The highest BCUT2D eigenvalue weighted by molar-refractivity contribution is 6.31. The average molecular weight is 482 g/mol. The first-order chi connectivity index (χ1) is 16.3. The van der Waals surface area contributed by atoms with Crippen molar-refractivity contribution < 1.29 is 23.8 Å². The quantitative estimate of drug-likeness (QED) is 0.564. The minimum absolute atomic E-state index is 0.0636. The van der Waals surface area contributed by atoms with Crippen LogP contribution in [0.2, 0.25) is 5.02 Å². The van der Waals surface area contributed by atoms with Gasteiger partial charge in [-0.2, -0.15) is 5.26 Å². The van der Waals surface area contributed by atoms with E-state index >= 15 is 0 Å². The summed E-state index contributed by atoms with van der Waals surface area (Å²) in [6, 6.07) is 14.0. The first-order valence-electron chi connectivity index (χ1n) is 10.5. The van der Waals surface area contributed by atoms with Crippen LogP contribution < -0.4 is 15.8 Å². The number of ether oxygens (including phenoxy) is 3. The summed E-state index contributed by atoms with van der Waals surface area (Å²) in [6.07, 6.45) is 0. The number of nitriles is 1. The van der Waals surface area contributed by atoms with Crippen molar-refractivity contribution in [2.75, 3.05) is 18.5 Å². The maximum atomic E-state index is 12.6. The molecule has 1 aliphatic heterocycles. The first-order valence-corrected chi connectivity index (χ1v) is 10.9. The molecule has 0 bridgehead atoms. The van der Waals surface area contributed by atoms with Gasteiger partial charge < -0.3 is 25.3 Å². The molecule has 0 saturated heterocycles. The molecule has 3 N–H and O–H groups in total. The van der Waals surface area contributed by atoms with E-state index in [0.29, 0.717) is 22.0 Å². The van der Waals surface area contributed by atoms with Gasteiger partial charge in [0.25, 0.3) is 5.91 Å². The standard InChI is InChI=1S/C25H24ClN3O5/c1-4-32-25(31)22-15(3)34-24(28)18(12-27)23(22)16-8-10-17(11-9-16)33-13-21(30)29-20-7-5-6-19(26)14(20)2/h5-11,23H,4,13,28H2,1-3H3,(H,29,30). The monoisotopic (exact) mass is 481 g/mol. The van der Waals surface area contributed by atoms with Crippen LogP contribution in [-0.2, 0) is 19.1 Å². The second-order valence-corrected chi connectivity index (χ2v) is 7.84. The van der Waals surface area contributed by atoms with Crippen molar-refractivity contribution in [2.24, 2.45) is 5.73 Å². The van der Waals surface area contributed by atoms with E-state index < -0.39 is 11.9 Å². The largest absolute Gasteiger partial charge is 0.484 e. The predicted octanol–water partition coefficient (Wildman–Crippen LogP) is 4.31. The van der Waals surface area contributed by atoms with Crippen LogP contribution in [0.25, 0.3) is 0 Å². The zero-order chi connectivity index (χ0) is 24.8. The summed E-state index contributed by atoms with van der Waals surface area (Å²) in [6.45, 7) is 5.06. The van der Waals surface area contributed by atoms with E-state index in [1.54, 1.807) is 56.3 Å². The van der Waals surface area contributed by atoms with E-state index in [2.05, 4.69) is 5.32 Å². The summed E-state index contributed by atoms with van der Waals surface area (Å²) in [5.74, 6) is -1.04. The van der Waals surface area contributed by atoms with Gasteiger partial charge in [-0.05, 0) is 56.2 Å². The lowest BCUT2D eigenvalue weighted by Gasteiger charge is -2.26. The number of hydrogen-bond donors (Lipinski definition) is 2. The Balaban J connectivity index is 1.76. The average Bonchev–Trinajstić information content (AvgIpc) is 2.80. The van der Waals surface area contributed by atoms with Crippen LogP contribution in [-0.4, -0.2) is 25.1 Å². The predicted molar refractivity (Wildman–Crippen MR) is 127 cm³/mol. The van der Waals surface area contributed by atoms with Crippen LogP contribution >= 0.6 is 11.6 Å². The zero-order valence-corrected chi connectivity index (χ0v) is 19.7. The Bertz CT molecular complexity index is 1210. The zero-order valence-electron chi connectivity index (χ0n) is 19.0. The molecule has 1 unspecified atom stereocenters. The van der Waals surface area contributed by atoms with Gasteiger partial charge in [0.1, 0.15) is 23.2 Å². The molecule has 0 aliphatic carbocycles. The second-order valence-electron chi connectivity index (χ2n) is 7.43. The Morgan fingerprint density at radius 3 is 2.56 bits per heavy atom. The molecule has 0 radical (unpaired) electrons. The number of esters is 1. The van der Waals surface area contributed by atoms with Gasteiger partial charge in [0, 0.05) is 10.7 Å². The molecule has 9 heteroatoms. The lowest BCUT2D eigenvalue weighted by molar-refractivity contribution is -0.139. The van der Waals surface area contributed by atoms with E-state index in [0.717, 1.165) is 5.56 Å². The molecule has 1 amide bonds. The molecule has 34 heavy (non-hydrogen) atoms. The normalized spacial score (nSPS) is 15.3. The third-order valence-electron chi connectivity index (χ3n) is 5.23. The van der Waals surface area contributed by atoms with Crippen molar-refractivity contribution in [3.05, 3.63) is 81.4 Å². The minimum Gasteiger partial charge on any atom is -0.484 e. The highest BCUT2D eigenvalue weighted by Crippen LogP contribution is 2.40. The Kier molecular flexibility index (Phi) is 7.82. The Morgan fingerprint density at radius 1 is 1.21 bits per heavy atom. The van der Waals surface area contributed by atoms with Crippen molar-refractivity contribution in [3.8, 4) is 11.8 Å². The molecule has 1 heterocycles. The fourth-order valence-electron chi connectivity index (χ4n) is 3.52. The molecule has 3 rings (SSSR count). The van der Waals surface area contributed by atoms with Gasteiger partial charge in [0.05, 0.1) is 18.1 Å². The number of hydrogen-bond acceptors (Lipinski definition) is 7. The Hall–Kier alpha value is -3.96. The number of benzene rings is 2. The smallest absolute Gasteiger partial charge is 0.338 e. The molecule has 2 aromatic rings. The van der Waals surface area contributed by atoms with Crippen molar-refractivity contribution in [1.82, 2.24) is 0 Å². The van der Waals surface area contributed by atoms with E-state index in [9.17, 15) is 14.9 Å². The van der Waals surface area contributed by atoms with E-state index in [1.165, 1.54) is 0 Å². The third kappa shape index (κ3) is 5.33. The summed E-state index contributed by atoms with van der Waals surface area (Å²) in [4.78, 5) is 24.9. The van der Waals surface area contributed by atoms with Gasteiger partial charge in [0.2, 0.25) is 5.88 Å². The van der Waals surface area contributed by atoms with E-state index in [4.69, 9.17) is 31.5 Å². The molecule has 0 saturated carbocycles. The topological polar surface area (TPSA) is 124 Å². The summed E-state index contributed by atoms with van der Waals surface area (Å²) in [5.41, 5.74) is 8.22. The van der Waals surface area contributed by atoms with E-state index in [-0.39, 0.29) is 41.9 Å². The van der Waals surface area contributed by atoms with Crippen molar-refractivity contribution >= 4 is 29.2 Å². The van der Waals surface area contributed by atoms with Crippen molar-refractivity contribution in [3.63, 3.8) is 0 Å². The molecule has 0 aromatic heterocycles. The number of nitrogens with zero attached hydrogens (tertiary/aromatic N) is 1. The Labute approximate surface area is 202 Å². The summed E-state index contributed by atoms with van der Waals surface area (Å²) < 4.78 is 16.2. The maximum Gasteiger partial charge on any atom is 0.338 e. The SMILES string of the molecule is CCOC(=O)C1=C(C)OC(N)=C(C#N)C1c1ccc(OCC(=O)Nc2cccc(Cl)c2C)cc1. The van der Waals surface area contributed by atoms with Crippen molar-refractivity contribution in [2.45, 2.75) is 26.7 Å². The number of allylic oxidation sites excluding steroid dienone is 2. The number of anilines is 1. The second kappa shape index (κ2) is 10.8. The van der Waals surface area contributed by atoms with Gasteiger partial charge in [-0.15, -0.1) is 0 Å². The van der Waals surface area contributed by atoms with Crippen molar-refractivity contribution in [1.29, 1.82) is 5.26 Å². The van der Waals surface area contributed by atoms with Gasteiger partial charge >= 0.3 is 5.97 Å². The van der Waals surface area contributed by atoms with Crippen LogP contribution in [0.5, 0.6) is 5.75 Å². The first kappa shape index (κ1) is 24.7. The van der Waals surface area contributed by atoms with Gasteiger partial charge in [0.15, 0.2) is 6.61 Å². The van der Waals surface area contributed by atoms with Gasteiger partial charge in [-0.3, -0.25) is 4.79 Å². The number of carbonyl (C=O) groups is 2. The lowest BCUT2D eigenvalue weighted by Crippen LogP contribution is -2.25. The highest BCUT2D eigenvalue weighted by Gasteiger charge is 2.36. The van der Waals surface area contributed by atoms with Gasteiger partial charge in [-0.25, -0.2) is 4.79 Å². The third-order valence-corrected chi connectivity index (χ3v) is 5.64. The molecule has 0 spiro atoms. The minimum atomic E-state index is -0.749. The number of carbonyl (C=O) groups excluding carboxylic acids is 2. The van der Waals surface area contributed by atoms with Crippen LogP contribution in [0, 0.1) is 18.3 Å². The molecular weight excluding hydrogens is 458 g/mol. The summed E-state index contributed by atoms with van der Waals surface area (Å²) in [7, 11) is 0. The molecule has 176 valence electrons. The molecule has 8 nitrogen and oxygen atoms in total. The number of nitrogens with two attached hydrogens (primary N) is 1. The molecule has 2 aromatic carbocycles. The Morgan fingerprint density at radius 2 is 1.91 bits per heavy atom. The number of rotatable bonds is 7.